The Balaban J connectivity index is 1.84. The number of nitrogens with zero attached hydrogens (tertiary/aromatic N) is 4. The quantitative estimate of drug-likeness (QED) is 0.748. The third-order valence-electron chi connectivity index (χ3n) is 5.24. The van der Waals surface area contributed by atoms with Gasteiger partial charge in [0.25, 0.3) is 5.60 Å². The number of hydrogen-bond acceptors (Lipinski definition) is 5. The van der Waals surface area contributed by atoms with Crippen LogP contribution in [-0.4, -0.2) is 40.5 Å². The number of halogens is 6. The second-order valence-corrected chi connectivity index (χ2v) is 7.20. The second-order valence-electron chi connectivity index (χ2n) is 7.20. The van der Waals surface area contributed by atoms with Gasteiger partial charge >= 0.3 is 12.4 Å². The van der Waals surface area contributed by atoms with Crippen LogP contribution in [0.1, 0.15) is 29.5 Å². The van der Waals surface area contributed by atoms with Gasteiger partial charge in [0.05, 0.1) is 18.0 Å². The van der Waals surface area contributed by atoms with Gasteiger partial charge in [0, 0.05) is 24.6 Å². The Bertz CT molecular complexity index is 920. The molecule has 1 aliphatic rings. The van der Waals surface area contributed by atoms with Crippen LogP contribution in [0, 0.1) is 17.2 Å². The molecule has 2 heterocycles. The van der Waals surface area contributed by atoms with E-state index in [1.54, 1.807) is 0 Å². The summed E-state index contributed by atoms with van der Waals surface area (Å²) in [7, 11) is 0. The molecule has 30 heavy (non-hydrogen) atoms. The maximum atomic E-state index is 13.0. The molecule has 160 valence electrons. The smallest absolute Gasteiger partial charge is 0.369 e. The molecule has 1 fully saturated rings. The molecule has 1 aromatic carbocycles. The van der Waals surface area contributed by atoms with E-state index in [2.05, 4.69) is 9.97 Å². The van der Waals surface area contributed by atoms with Gasteiger partial charge in [-0.1, -0.05) is 31.2 Å². The lowest BCUT2D eigenvalue weighted by Gasteiger charge is -2.32. The average molecular weight is 430 g/mol. The molecule has 0 spiro atoms. The summed E-state index contributed by atoms with van der Waals surface area (Å²) in [5.74, 6) is 0.200. The number of aliphatic hydroxyl groups is 1. The summed E-state index contributed by atoms with van der Waals surface area (Å²) in [5.41, 5.74) is -5.40. The number of aromatic nitrogens is 2. The molecular weight excluding hydrogens is 414 g/mol. The molecular formula is C19H16F6N4O. The van der Waals surface area contributed by atoms with E-state index >= 15 is 0 Å². The van der Waals surface area contributed by atoms with Crippen molar-refractivity contribution in [2.45, 2.75) is 30.8 Å². The maximum absolute atomic E-state index is 13.0. The molecule has 5 nitrogen and oxygen atoms in total. The molecule has 0 saturated carbocycles. The van der Waals surface area contributed by atoms with Gasteiger partial charge in [-0.05, 0) is 11.5 Å². The summed E-state index contributed by atoms with van der Waals surface area (Å²) in [6, 6.07) is 5.55. The number of benzene rings is 1. The Kier molecular flexibility index (Phi) is 5.41. The summed E-state index contributed by atoms with van der Waals surface area (Å²) in [6.07, 6.45) is -9.11. The number of alkyl halides is 6. The van der Waals surface area contributed by atoms with E-state index in [0.29, 0.717) is 42.3 Å². The predicted molar refractivity (Wildman–Crippen MR) is 93.3 cm³/mol. The molecule has 0 unspecified atom stereocenters. The molecule has 0 amide bonds. The average Bonchev–Trinajstić information content (AvgIpc) is 3.07. The summed E-state index contributed by atoms with van der Waals surface area (Å²) >= 11 is 0. The first-order valence-electron chi connectivity index (χ1n) is 8.82. The summed E-state index contributed by atoms with van der Waals surface area (Å²) in [5, 5.41) is 18.3. The summed E-state index contributed by atoms with van der Waals surface area (Å²) < 4.78 is 78.2. The molecule has 2 aromatic rings. The minimum absolute atomic E-state index is 0.0132. The van der Waals surface area contributed by atoms with Crippen molar-refractivity contribution >= 4 is 5.95 Å². The van der Waals surface area contributed by atoms with Crippen LogP contribution in [0.15, 0.2) is 36.7 Å². The van der Waals surface area contributed by atoms with Crippen LogP contribution >= 0.6 is 0 Å². The lowest BCUT2D eigenvalue weighted by atomic mass is 9.86. The van der Waals surface area contributed by atoms with Crippen molar-refractivity contribution in [3.8, 4) is 6.07 Å². The Morgan fingerprint density at radius 2 is 1.53 bits per heavy atom. The minimum Gasteiger partial charge on any atom is -0.369 e. The Labute approximate surface area is 167 Å². The molecule has 0 bridgehead atoms. The molecule has 1 aromatic heterocycles. The zero-order valence-corrected chi connectivity index (χ0v) is 15.5. The van der Waals surface area contributed by atoms with Gasteiger partial charge in [-0.3, -0.25) is 0 Å². The van der Waals surface area contributed by atoms with Crippen LogP contribution in [-0.2, 0) is 5.60 Å². The molecule has 1 N–H and O–H groups in total. The number of anilines is 1. The fourth-order valence-corrected chi connectivity index (χ4v) is 3.57. The van der Waals surface area contributed by atoms with Crippen molar-refractivity contribution in [3.05, 3.63) is 53.3 Å². The van der Waals surface area contributed by atoms with Gasteiger partial charge in [-0.25, -0.2) is 9.97 Å². The van der Waals surface area contributed by atoms with Crippen LogP contribution in [0.2, 0.25) is 0 Å². The van der Waals surface area contributed by atoms with E-state index in [-0.39, 0.29) is 11.8 Å². The van der Waals surface area contributed by atoms with Crippen LogP contribution in [0.5, 0.6) is 0 Å². The number of rotatable bonds is 3. The van der Waals surface area contributed by atoms with E-state index < -0.39 is 23.5 Å². The van der Waals surface area contributed by atoms with Crippen molar-refractivity contribution in [1.29, 1.82) is 5.26 Å². The molecule has 0 aliphatic carbocycles. The lowest BCUT2D eigenvalue weighted by Crippen LogP contribution is -2.53. The van der Waals surface area contributed by atoms with Gasteiger partial charge in [-0.15, -0.1) is 0 Å². The van der Waals surface area contributed by atoms with E-state index in [0.717, 1.165) is 0 Å². The topological polar surface area (TPSA) is 73.0 Å². The Hall–Kier alpha value is -2.87. The van der Waals surface area contributed by atoms with Crippen molar-refractivity contribution in [2.75, 3.05) is 18.0 Å². The fraction of sp³-hybridized carbons (Fsp3) is 0.421. The lowest BCUT2D eigenvalue weighted by molar-refractivity contribution is -0.376. The van der Waals surface area contributed by atoms with E-state index in [4.69, 9.17) is 5.26 Å². The first-order valence-corrected chi connectivity index (χ1v) is 8.82. The van der Waals surface area contributed by atoms with Gasteiger partial charge in [-0.2, -0.15) is 31.6 Å². The standard InChI is InChI=1S/C19H16F6N4O/c1-11-9-29(16-27-7-12(6-26)8-28-16)10-15(11)13-2-4-14(5-3-13)17(30,18(20,21)22)19(23,24)25/h2-5,7-8,11,15,30H,9-10H2,1H3/t11-,15-/m0/s1. The normalized spacial score (nSPS) is 20.3. The maximum Gasteiger partial charge on any atom is 0.430 e. The minimum atomic E-state index is -5.92. The first-order chi connectivity index (χ1) is 13.9. The van der Waals surface area contributed by atoms with Crippen molar-refractivity contribution < 1.29 is 31.4 Å². The van der Waals surface area contributed by atoms with Gasteiger partial charge in [0.1, 0.15) is 6.07 Å². The molecule has 1 saturated heterocycles. The largest absolute Gasteiger partial charge is 0.430 e. The van der Waals surface area contributed by atoms with Crippen molar-refractivity contribution in [3.63, 3.8) is 0 Å². The Morgan fingerprint density at radius 1 is 1.00 bits per heavy atom. The van der Waals surface area contributed by atoms with E-state index in [1.807, 2.05) is 17.9 Å². The zero-order chi connectivity index (χ0) is 22.3. The van der Waals surface area contributed by atoms with Gasteiger partial charge in [0.2, 0.25) is 5.95 Å². The van der Waals surface area contributed by atoms with Crippen LogP contribution < -0.4 is 4.90 Å². The second kappa shape index (κ2) is 7.43. The molecule has 2 atom stereocenters. The van der Waals surface area contributed by atoms with Gasteiger partial charge < -0.3 is 10.0 Å². The van der Waals surface area contributed by atoms with Crippen molar-refractivity contribution in [2.24, 2.45) is 5.92 Å². The van der Waals surface area contributed by atoms with E-state index in [1.165, 1.54) is 24.5 Å². The highest BCUT2D eigenvalue weighted by molar-refractivity contribution is 5.39. The molecule has 0 radical (unpaired) electrons. The monoisotopic (exact) mass is 430 g/mol. The zero-order valence-electron chi connectivity index (χ0n) is 15.5. The summed E-state index contributed by atoms with van der Waals surface area (Å²) in [4.78, 5) is 10.0. The molecule has 11 heteroatoms. The first kappa shape index (κ1) is 21.8. The molecule has 1 aliphatic heterocycles. The van der Waals surface area contributed by atoms with Gasteiger partial charge in [0.15, 0.2) is 0 Å². The SMILES string of the molecule is C[C@H]1CN(c2ncc(C#N)cn2)C[C@@H]1c1ccc(C(O)(C(F)(F)F)C(F)(F)F)cc1. The third-order valence-corrected chi connectivity index (χ3v) is 5.24. The summed E-state index contributed by atoms with van der Waals surface area (Å²) in [6.45, 7) is 2.81. The highest BCUT2D eigenvalue weighted by Crippen LogP contribution is 2.50. The van der Waals surface area contributed by atoms with Crippen LogP contribution in [0.25, 0.3) is 0 Å². The highest BCUT2D eigenvalue weighted by Gasteiger charge is 2.71. The van der Waals surface area contributed by atoms with E-state index in [9.17, 15) is 31.4 Å². The fourth-order valence-electron chi connectivity index (χ4n) is 3.57. The predicted octanol–water partition coefficient (Wildman–Crippen LogP) is 3.90. The number of nitriles is 1. The highest BCUT2D eigenvalue weighted by atomic mass is 19.4. The van der Waals surface area contributed by atoms with Crippen LogP contribution in [0.4, 0.5) is 32.3 Å². The Morgan fingerprint density at radius 3 is 2.00 bits per heavy atom. The number of hydrogen-bond donors (Lipinski definition) is 1. The third kappa shape index (κ3) is 3.67. The molecule has 3 rings (SSSR count). The van der Waals surface area contributed by atoms with Crippen LogP contribution in [0.3, 0.4) is 0 Å². The van der Waals surface area contributed by atoms with Crippen molar-refractivity contribution in [1.82, 2.24) is 9.97 Å².